The molecule has 0 fully saturated rings. The number of nitrogens with zero attached hydrogens (tertiary/aromatic N) is 3. The molecule has 27 heavy (non-hydrogen) atoms. The number of rotatable bonds is 5. The first kappa shape index (κ1) is 18.9. The van der Waals surface area contributed by atoms with Gasteiger partial charge in [-0.3, -0.25) is 4.79 Å². The lowest BCUT2D eigenvalue weighted by molar-refractivity contribution is 0.104. The van der Waals surface area contributed by atoms with Crippen molar-refractivity contribution in [3.63, 3.8) is 0 Å². The van der Waals surface area contributed by atoms with Crippen LogP contribution >= 0.6 is 0 Å². The molecule has 1 atom stereocenters. The monoisotopic (exact) mass is 361 g/mol. The van der Waals surface area contributed by atoms with Crippen LogP contribution in [0.15, 0.2) is 72.2 Å². The van der Waals surface area contributed by atoms with Crippen molar-refractivity contribution in [1.29, 1.82) is 0 Å². The van der Waals surface area contributed by atoms with Gasteiger partial charge >= 0.3 is 0 Å². The van der Waals surface area contributed by atoms with Crippen LogP contribution < -0.4 is 0 Å². The number of likely N-dealkylation sites (N-methyl/N-ethyl adjacent to an activating group) is 1. The minimum atomic E-state index is 0.0432. The van der Waals surface area contributed by atoms with Crippen LogP contribution in [-0.4, -0.2) is 40.6 Å². The summed E-state index contributed by atoms with van der Waals surface area (Å²) in [7, 11) is 0. The average molecular weight is 361 g/mol. The van der Waals surface area contributed by atoms with Crippen LogP contribution in [0.1, 0.15) is 34.8 Å². The van der Waals surface area contributed by atoms with Gasteiger partial charge in [0.25, 0.3) is 0 Å². The predicted molar refractivity (Wildman–Crippen MR) is 112 cm³/mol. The Morgan fingerprint density at radius 3 is 3.00 bits per heavy atom. The molecule has 1 unspecified atom stereocenters. The van der Waals surface area contributed by atoms with E-state index in [2.05, 4.69) is 46.0 Å². The summed E-state index contributed by atoms with van der Waals surface area (Å²) in [4.78, 5) is 21.4. The second-order valence-electron chi connectivity index (χ2n) is 6.90. The summed E-state index contributed by atoms with van der Waals surface area (Å²) in [5.74, 6) is 1.03. The highest BCUT2D eigenvalue weighted by atomic mass is 16.1. The Hall–Kier alpha value is -2.88. The van der Waals surface area contributed by atoms with Gasteiger partial charge in [-0.25, -0.2) is 4.99 Å². The lowest BCUT2D eigenvalue weighted by atomic mass is 10.0. The third-order valence-electron chi connectivity index (χ3n) is 4.86. The number of hydrogen-bond acceptors (Lipinski definition) is 4. The molecule has 1 aromatic rings. The van der Waals surface area contributed by atoms with Gasteiger partial charge in [0.2, 0.25) is 0 Å². The van der Waals surface area contributed by atoms with Crippen LogP contribution in [0.5, 0.6) is 0 Å². The van der Waals surface area contributed by atoms with Gasteiger partial charge in [0.05, 0.1) is 6.04 Å². The van der Waals surface area contributed by atoms with Gasteiger partial charge in [-0.2, -0.15) is 0 Å². The SMILES string of the molecule is CCN(C1=NC=CCC=C1)C1C=CN(/C=C/C(=O)c2cc(C)ccc2C)C1. The maximum Gasteiger partial charge on any atom is 0.187 e. The van der Waals surface area contributed by atoms with Crippen LogP contribution in [0.25, 0.3) is 0 Å². The Bertz CT molecular complexity index is 845. The molecule has 0 N–H and O–H groups in total. The van der Waals surface area contributed by atoms with E-state index in [0.29, 0.717) is 0 Å². The van der Waals surface area contributed by atoms with E-state index in [4.69, 9.17) is 0 Å². The molecule has 0 aromatic heterocycles. The average Bonchev–Trinajstić information content (AvgIpc) is 2.96. The minimum Gasteiger partial charge on any atom is -0.352 e. The molecule has 0 aliphatic carbocycles. The molecule has 4 heteroatoms. The summed E-state index contributed by atoms with van der Waals surface area (Å²) in [6, 6.07) is 6.22. The smallest absolute Gasteiger partial charge is 0.187 e. The largest absolute Gasteiger partial charge is 0.352 e. The number of hydrogen-bond donors (Lipinski definition) is 0. The maximum absolute atomic E-state index is 12.5. The third-order valence-corrected chi connectivity index (χ3v) is 4.86. The number of benzene rings is 1. The lowest BCUT2D eigenvalue weighted by Crippen LogP contribution is -2.40. The highest BCUT2D eigenvalue weighted by Gasteiger charge is 2.22. The zero-order chi connectivity index (χ0) is 19.2. The number of allylic oxidation sites excluding steroid dienone is 3. The van der Waals surface area contributed by atoms with E-state index in [1.807, 2.05) is 50.6 Å². The molecule has 140 valence electrons. The van der Waals surface area contributed by atoms with E-state index in [-0.39, 0.29) is 11.8 Å². The normalized spacial score (nSPS) is 18.9. The summed E-state index contributed by atoms with van der Waals surface area (Å²) in [5.41, 5.74) is 2.88. The van der Waals surface area contributed by atoms with Crippen molar-refractivity contribution in [2.75, 3.05) is 13.1 Å². The van der Waals surface area contributed by atoms with Crippen molar-refractivity contribution in [3.05, 3.63) is 83.9 Å². The fourth-order valence-corrected chi connectivity index (χ4v) is 3.34. The van der Waals surface area contributed by atoms with E-state index < -0.39 is 0 Å². The summed E-state index contributed by atoms with van der Waals surface area (Å²) in [6.07, 6.45) is 16.8. The van der Waals surface area contributed by atoms with Gasteiger partial charge < -0.3 is 9.80 Å². The molecule has 1 aromatic carbocycles. The van der Waals surface area contributed by atoms with E-state index in [9.17, 15) is 4.79 Å². The number of ketones is 1. The molecule has 0 bridgehead atoms. The van der Waals surface area contributed by atoms with Crippen LogP contribution in [0, 0.1) is 13.8 Å². The van der Waals surface area contributed by atoms with Crippen molar-refractivity contribution in [2.24, 2.45) is 4.99 Å². The minimum absolute atomic E-state index is 0.0432. The summed E-state index contributed by atoms with van der Waals surface area (Å²) in [6.45, 7) is 7.81. The fourth-order valence-electron chi connectivity index (χ4n) is 3.34. The van der Waals surface area contributed by atoms with E-state index >= 15 is 0 Å². The van der Waals surface area contributed by atoms with Crippen molar-refractivity contribution in [3.8, 4) is 0 Å². The highest BCUT2D eigenvalue weighted by molar-refractivity contribution is 6.05. The zero-order valence-corrected chi connectivity index (χ0v) is 16.3. The van der Waals surface area contributed by atoms with E-state index in [1.54, 1.807) is 6.08 Å². The van der Waals surface area contributed by atoms with Crippen LogP contribution in [0.2, 0.25) is 0 Å². The molecule has 3 rings (SSSR count). The molecule has 4 nitrogen and oxygen atoms in total. The Balaban J connectivity index is 1.65. The summed E-state index contributed by atoms with van der Waals surface area (Å²) in [5, 5.41) is 0. The Morgan fingerprint density at radius 2 is 2.19 bits per heavy atom. The second kappa shape index (κ2) is 8.67. The summed E-state index contributed by atoms with van der Waals surface area (Å²) < 4.78 is 0. The van der Waals surface area contributed by atoms with Crippen molar-refractivity contribution >= 4 is 11.6 Å². The zero-order valence-electron chi connectivity index (χ0n) is 16.3. The second-order valence-corrected chi connectivity index (χ2v) is 6.90. The molecule has 0 radical (unpaired) electrons. The fraction of sp³-hybridized carbons (Fsp3) is 0.304. The number of carbonyl (C=O) groups excluding carboxylic acids is 1. The third kappa shape index (κ3) is 4.64. The van der Waals surface area contributed by atoms with E-state index in [1.165, 1.54) is 0 Å². The Labute approximate surface area is 161 Å². The quantitative estimate of drug-likeness (QED) is 0.576. The number of carbonyl (C=O) groups is 1. The van der Waals surface area contributed by atoms with Gasteiger partial charge in [-0.05, 0) is 51.0 Å². The standard InChI is InChI=1S/C23H27N3O/c1-4-26(23-8-6-5-7-13-24-23)20-11-14-25(17-20)15-12-22(27)21-16-18(2)9-10-19(21)3/h6-16,20H,4-5,17H2,1-3H3/b15-12+. The van der Waals surface area contributed by atoms with Crippen molar-refractivity contribution in [1.82, 2.24) is 9.80 Å². The molecule has 2 heterocycles. The van der Waals surface area contributed by atoms with Gasteiger partial charge in [-0.1, -0.05) is 29.8 Å². The first-order chi connectivity index (χ1) is 13.1. The van der Waals surface area contributed by atoms with Gasteiger partial charge in [0.15, 0.2) is 5.78 Å². The Kier molecular flexibility index (Phi) is 6.07. The number of aliphatic imine (C=N–C) groups is 1. The lowest BCUT2D eigenvalue weighted by Gasteiger charge is -2.29. The van der Waals surface area contributed by atoms with Crippen molar-refractivity contribution < 1.29 is 4.79 Å². The molecule has 0 amide bonds. The molecular formula is C23H27N3O. The highest BCUT2D eigenvalue weighted by Crippen LogP contribution is 2.16. The van der Waals surface area contributed by atoms with Gasteiger partial charge in [0, 0.05) is 43.3 Å². The summed E-state index contributed by atoms with van der Waals surface area (Å²) >= 11 is 0. The van der Waals surface area contributed by atoms with Gasteiger partial charge in [-0.15, -0.1) is 0 Å². The van der Waals surface area contributed by atoms with Crippen LogP contribution in [-0.2, 0) is 0 Å². The first-order valence-electron chi connectivity index (χ1n) is 9.48. The molecular weight excluding hydrogens is 334 g/mol. The first-order valence-corrected chi connectivity index (χ1v) is 9.48. The van der Waals surface area contributed by atoms with Crippen LogP contribution in [0.3, 0.4) is 0 Å². The molecule has 0 saturated carbocycles. The van der Waals surface area contributed by atoms with Crippen LogP contribution in [0.4, 0.5) is 0 Å². The molecule has 0 saturated heterocycles. The maximum atomic E-state index is 12.5. The number of aryl methyl sites for hydroxylation is 2. The topological polar surface area (TPSA) is 35.9 Å². The van der Waals surface area contributed by atoms with Crippen molar-refractivity contribution in [2.45, 2.75) is 33.2 Å². The van der Waals surface area contributed by atoms with E-state index in [0.717, 1.165) is 42.0 Å². The number of amidine groups is 1. The Morgan fingerprint density at radius 1 is 1.33 bits per heavy atom. The molecule has 2 aliphatic rings. The van der Waals surface area contributed by atoms with Gasteiger partial charge in [0.1, 0.15) is 5.84 Å². The predicted octanol–water partition coefficient (Wildman–Crippen LogP) is 4.39. The molecule has 0 spiro atoms. The molecule has 2 aliphatic heterocycles.